The first-order valence-corrected chi connectivity index (χ1v) is 4.73. The second kappa shape index (κ2) is 5.32. The zero-order valence-electron chi connectivity index (χ0n) is 7.95. The van der Waals surface area contributed by atoms with Crippen LogP contribution in [0.3, 0.4) is 0 Å². The zero-order valence-corrected chi connectivity index (χ0v) is 8.76. The maximum Gasteiger partial charge on any atom is 0.161 e. The Morgan fingerprint density at radius 2 is 2.50 bits per heavy atom. The molecule has 14 heavy (non-hydrogen) atoms. The number of rotatable bonds is 2. The van der Waals surface area contributed by atoms with E-state index in [9.17, 15) is 4.39 Å². The zero-order chi connectivity index (χ0) is 9.10. The first kappa shape index (κ1) is 11.5. The Labute approximate surface area is 89.1 Å². The van der Waals surface area contributed by atoms with Crippen molar-refractivity contribution in [2.45, 2.75) is 19.4 Å². The lowest BCUT2D eigenvalue weighted by molar-refractivity contribution is 0.325. The van der Waals surface area contributed by atoms with Crippen molar-refractivity contribution in [2.75, 3.05) is 13.1 Å². The highest BCUT2D eigenvalue weighted by molar-refractivity contribution is 5.85. The fraction of sp³-hybridized carbons (Fsp3) is 0.667. The van der Waals surface area contributed by atoms with E-state index < -0.39 is 0 Å². The van der Waals surface area contributed by atoms with Crippen molar-refractivity contribution in [2.24, 2.45) is 5.92 Å². The molecule has 0 aliphatic carbocycles. The Bertz CT molecular complexity index is 271. The van der Waals surface area contributed by atoms with E-state index in [0.29, 0.717) is 5.92 Å². The third-order valence-corrected chi connectivity index (χ3v) is 2.45. The number of nitrogens with one attached hydrogen (secondary N) is 1. The van der Waals surface area contributed by atoms with Gasteiger partial charge in [-0.05, 0) is 31.8 Å². The molecule has 1 saturated heterocycles. The van der Waals surface area contributed by atoms with Gasteiger partial charge in [0.2, 0.25) is 0 Å². The van der Waals surface area contributed by atoms with Crippen LogP contribution in [0.1, 0.15) is 12.8 Å². The third-order valence-electron chi connectivity index (χ3n) is 2.45. The van der Waals surface area contributed by atoms with Crippen LogP contribution in [0.25, 0.3) is 0 Å². The summed E-state index contributed by atoms with van der Waals surface area (Å²) in [5.41, 5.74) is 0. The molecule has 0 bridgehead atoms. The van der Waals surface area contributed by atoms with Crippen LogP contribution in [0, 0.1) is 11.7 Å². The number of piperidine rings is 1. The average molecular weight is 220 g/mol. The van der Waals surface area contributed by atoms with Crippen LogP contribution < -0.4 is 5.32 Å². The van der Waals surface area contributed by atoms with Crippen LogP contribution in [0.15, 0.2) is 12.4 Å². The molecule has 0 aromatic carbocycles. The summed E-state index contributed by atoms with van der Waals surface area (Å²) in [5, 5.41) is 7.25. The van der Waals surface area contributed by atoms with E-state index in [2.05, 4.69) is 10.4 Å². The molecule has 1 aromatic heterocycles. The van der Waals surface area contributed by atoms with Crippen molar-refractivity contribution in [1.29, 1.82) is 0 Å². The lowest BCUT2D eigenvalue weighted by Crippen LogP contribution is -2.32. The molecule has 1 fully saturated rings. The number of halogens is 2. The Balaban J connectivity index is 0.000000980. The Hall–Kier alpha value is -0.610. The van der Waals surface area contributed by atoms with Gasteiger partial charge in [-0.1, -0.05) is 0 Å². The van der Waals surface area contributed by atoms with E-state index in [1.54, 1.807) is 4.68 Å². The predicted octanol–water partition coefficient (Wildman–Crippen LogP) is 1.44. The lowest BCUT2D eigenvalue weighted by atomic mass is 10.00. The molecule has 1 aliphatic rings. The molecule has 0 unspecified atom stereocenters. The van der Waals surface area contributed by atoms with Crippen molar-refractivity contribution >= 4 is 12.4 Å². The van der Waals surface area contributed by atoms with Crippen LogP contribution in [0.2, 0.25) is 0 Å². The third kappa shape index (κ3) is 2.96. The maximum atomic E-state index is 12.6. The first-order chi connectivity index (χ1) is 6.34. The molecule has 2 rings (SSSR count). The molecular weight excluding hydrogens is 205 g/mol. The highest BCUT2D eigenvalue weighted by Gasteiger charge is 2.13. The summed E-state index contributed by atoms with van der Waals surface area (Å²) in [6.45, 7) is 2.97. The SMILES string of the molecule is Cl.Fc1cnn(C[C@@H]2CCCNC2)c1. The van der Waals surface area contributed by atoms with E-state index in [-0.39, 0.29) is 18.2 Å². The molecule has 1 N–H and O–H groups in total. The van der Waals surface area contributed by atoms with Gasteiger partial charge in [0.1, 0.15) is 0 Å². The molecule has 3 nitrogen and oxygen atoms in total. The Morgan fingerprint density at radius 3 is 3.07 bits per heavy atom. The first-order valence-electron chi connectivity index (χ1n) is 4.73. The molecule has 0 radical (unpaired) electrons. The van der Waals surface area contributed by atoms with Gasteiger partial charge in [-0.2, -0.15) is 5.10 Å². The summed E-state index contributed by atoms with van der Waals surface area (Å²) >= 11 is 0. The van der Waals surface area contributed by atoms with E-state index in [1.807, 2.05) is 0 Å². The van der Waals surface area contributed by atoms with Crippen LogP contribution in [-0.2, 0) is 6.54 Å². The van der Waals surface area contributed by atoms with Crippen LogP contribution >= 0.6 is 12.4 Å². The van der Waals surface area contributed by atoms with Gasteiger partial charge in [0.15, 0.2) is 5.82 Å². The minimum Gasteiger partial charge on any atom is -0.316 e. The van der Waals surface area contributed by atoms with Crippen LogP contribution in [0.4, 0.5) is 4.39 Å². The van der Waals surface area contributed by atoms with Crippen molar-refractivity contribution in [1.82, 2.24) is 15.1 Å². The molecular formula is C9H15ClFN3. The summed E-state index contributed by atoms with van der Waals surface area (Å²) in [7, 11) is 0. The number of hydrogen-bond acceptors (Lipinski definition) is 2. The van der Waals surface area contributed by atoms with Gasteiger partial charge >= 0.3 is 0 Å². The van der Waals surface area contributed by atoms with Crippen molar-refractivity contribution in [3.63, 3.8) is 0 Å². The molecule has 1 aliphatic heterocycles. The second-order valence-corrected chi connectivity index (χ2v) is 3.59. The molecule has 0 saturated carbocycles. The summed E-state index contributed by atoms with van der Waals surface area (Å²) in [6, 6.07) is 0. The fourth-order valence-electron chi connectivity index (χ4n) is 1.78. The van der Waals surface area contributed by atoms with E-state index in [0.717, 1.165) is 19.6 Å². The van der Waals surface area contributed by atoms with Gasteiger partial charge in [0.25, 0.3) is 0 Å². The van der Waals surface area contributed by atoms with Crippen molar-refractivity contribution in [3.8, 4) is 0 Å². The second-order valence-electron chi connectivity index (χ2n) is 3.59. The molecule has 0 spiro atoms. The topological polar surface area (TPSA) is 29.9 Å². The lowest BCUT2D eigenvalue weighted by Gasteiger charge is -2.22. The van der Waals surface area contributed by atoms with E-state index in [1.165, 1.54) is 25.2 Å². The fourth-order valence-corrected chi connectivity index (χ4v) is 1.78. The summed E-state index contributed by atoms with van der Waals surface area (Å²) in [4.78, 5) is 0. The van der Waals surface area contributed by atoms with E-state index >= 15 is 0 Å². The highest BCUT2D eigenvalue weighted by Crippen LogP contribution is 2.11. The van der Waals surface area contributed by atoms with Crippen molar-refractivity contribution < 1.29 is 4.39 Å². The monoisotopic (exact) mass is 219 g/mol. The van der Waals surface area contributed by atoms with E-state index in [4.69, 9.17) is 0 Å². The van der Waals surface area contributed by atoms with Crippen LogP contribution in [0.5, 0.6) is 0 Å². The molecule has 80 valence electrons. The van der Waals surface area contributed by atoms with Crippen LogP contribution in [-0.4, -0.2) is 22.9 Å². The average Bonchev–Trinajstić information content (AvgIpc) is 2.53. The van der Waals surface area contributed by atoms with Gasteiger partial charge < -0.3 is 5.32 Å². The summed E-state index contributed by atoms with van der Waals surface area (Å²) in [5.74, 6) is 0.358. The normalized spacial score (nSPS) is 21.6. The van der Waals surface area contributed by atoms with Gasteiger partial charge in [0.05, 0.1) is 12.4 Å². The Morgan fingerprint density at radius 1 is 1.64 bits per heavy atom. The van der Waals surface area contributed by atoms with Crippen molar-refractivity contribution in [3.05, 3.63) is 18.2 Å². The summed E-state index contributed by atoms with van der Waals surface area (Å²) < 4.78 is 14.3. The molecule has 5 heteroatoms. The smallest absolute Gasteiger partial charge is 0.161 e. The Kier molecular flexibility index (Phi) is 4.35. The quantitative estimate of drug-likeness (QED) is 0.816. The largest absolute Gasteiger partial charge is 0.316 e. The molecule has 2 heterocycles. The van der Waals surface area contributed by atoms with Gasteiger partial charge in [-0.3, -0.25) is 4.68 Å². The van der Waals surface area contributed by atoms with Gasteiger partial charge in [-0.15, -0.1) is 12.4 Å². The summed E-state index contributed by atoms with van der Waals surface area (Å²) in [6.07, 6.45) is 5.15. The number of aromatic nitrogens is 2. The molecule has 0 amide bonds. The maximum absolute atomic E-state index is 12.6. The molecule has 1 aromatic rings. The molecule has 1 atom stereocenters. The minimum atomic E-state index is -0.247. The van der Waals surface area contributed by atoms with Gasteiger partial charge in [0, 0.05) is 6.54 Å². The van der Waals surface area contributed by atoms with Gasteiger partial charge in [-0.25, -0.2) is 4.39 Å². The number of hydrogen-bond donors (Lipinski definition) is 1. The predicted molar refractivity (Wildman–Crippen MR) is 55.0 cm³/mol. The standard InChI is InChI=1S/C9H14FN3.ClH/c10-9-5-12-13(7-9)6-8-2-1-3-11-4-8;/h5,7-8,11H,1-4,6H2;1H/t8-;/m1./s1. The number of nitrogens with zero attached hydrogens (tertiary/aromatic N) is 2. The minimum absolute atomic E-state index is 0. The highest BCUT2D eigenvalue weighted by atomic mass is 35.5.